The zero-order valence-corrected chi connectivity index (χ0v) is 18.9. The van der Waals surface area contributed by atoms with E-state index in [1.807, 2.05) is 0 Å². The van der Waals surface area contributed by atoms with Crippen molar-refractivity contribution < 1.29 is 20.0 Å². The molecule has 0 nitrogen and oxygen atoms in total. The maximum absolute atomic E-state index is 3.22. The fourth-order valence-corrected chi connectivity index (χ4v) is 2.65. The number of hydrogen-bond acceptors (Lipinski definition) is 0. The quantitative estimate of drug-likeness (QED) is 0.265. The van der Waals surface area contributed by atoms with Crippen molar-refractivity contribution in [1.29, 1.82) is 0 Å². The number of halogens is 2. The van der Waals surface area contributed by atoms with Gasteiger partial charge in [-0.05, 0) is 0 Å². The van der Waals surface area contributed by atoms with Crippen molar-refractivity contribution in [3.05, 3.63) is 78.4 Å². The first-order valence-corrected chi connectivity index (χ1v) is 9.08. The van der Waals surface area contributed by atoms with Gasteiger partial charge in [-0.15, -0.1) is 64.6 Å². The van der Waals surface area contributed by atoms with Crippen LogP contribution in [0.3, 0.4) is 0 Å². The molecular weight excluding hydrogens is 395 g/mol. The zero-order chi connectivity index (χ0) is 17.5. The Bertz CT molecular complexity index is 833. The van der Waals surface area contributed by atoms with Crippen molar-refractivity contribution in [3.8, 4) is 0 Å². The second kappa shape index (κ2) is 12.4. The second-order valence-corrected chi connectivity index (χ2v) is 7.86. The van der Waals surface area contributed by atoms with Crippen molar-refractivity contribution in [2.24, 2.45) is 5.92 Å². The van der Waals surface area contributed by atoms with Gasteiger partial charge in [0.15, 0.2) is 0 Å². The van der Waals surface area contributed by atoms with Gasteiger partial charge in [0.05, 0.1) is 0 Å². The summed E-state index contributed by atoms with van der Waals surface area (Å²) < 4.78 is 1.42. The van der Waals surface area contributed by atoms with Crippen molar-refractivity contribution in [2.45, 2.75) is 27.7 Å². The molecule has 3 heteroatoms. The Morgan fingerprint density at radius 1 is 0.923 bits per heavy atom. The zero-order valence-electron chi connectivity index (χ0n) is 15.7. The van der Waals surface area contributed by atoms with Gasteiger partial charge in [0.2, 0.25) is 0 Å². The van der Waals surface area contributed by atoms with E-state index >= 15 is 0 Å². The molecule has 0 spiro atoms. The van der Waals surface area contributed by atoms with Gasteiger partial charge >= 0.3 is 37.6 Å². The van der Waals surface area contributed by atoms with Crippen LogP contribution in [-0.4, -0.2) is 3.81 Å². The van der Waals surface area contributed by atoms with Gasteiger partial charge in [-0.25, -0.2) is 11.6 Å². The summed E-state index contributed by atoms with van der Waals surface area (Å²) in [5.41, 5.74) is 1.27. The molecule has 0 aromatic heterocycles. The van der Waals surface area contributed by atoms with E-state index in [1.54, 1.807) is 0 Å². The Balaban J connectivity index is 0.000000415. The molecule has 26 heavy (non-hydrogen) atoms. The van der Waals surface area contributed by atoms with Gasteiger partial charge in [-0.3, -0.25) is 6.08 Å². The summed E-state index contributed by atoms with van der Waals surface area (Å²) in [6.45, 7) is 8.37. The molecule has 1 aliphatic carbocycles. The minimum atomic E-state index is 0. The summed E-state index contributed by atoms with van der Waals surface area (Å²) in [5, 5.41) is 5.39. The third-order valence-corrected chi connectivity index (χ3v) is 3.61. The summed E-state index contributed by atoms with van der Waals surface area (Å²) in [6, 6.07) is 19.3. The van der Waals surface area contributed by atoms with Crippen molar-refractivity contribution in [1.82, 2.24) is 0 Å². The summed E-state index contributed by atoms with van der Waals surface area (Å²) in [6.07, 6.45) is 7.47. The molecule has 4 rings (SSSR count). The Morgan fingerprint density at radius 2 is 1.35 bits per heavy atom. The Kier molecular flexibility index (Phi) is 11.9. The largest absolute Gasteiger partial charge is 0.147 e. The van der Waals surface area contributed by atoms with Crippen LogP contribution in [0.25, 0.3) is 21.5 Å². The van der Waals surface area contributed by atoms with E-state index in [0.29, 0.717) is 5.92 Å². The number of benzene rings is 2. The molecule has 1 unspecified atom stereocenters. The van der Waals surface area contributed by atoms with Crippen molar-refractivity contribution in [2.75, 3.05) is 0 Å². The molecule has 0 amide bonds. The molecule has 136 valence electrons. The normalized spacial score (nSPS) is 14.2. The molecule has 0 saturated carbocycles. The summed E-state index contributed by atoms with van der Waals surface area (Å²) in [4.78, 5) is 0. The first-order chi connectivity index (χ1) is 11.5. The Labute approximate surface area is 181 Å². The third kappa shape index (κ3) is 7.68. The third-order valence-electron chi connectivity index (χ3n) is 3.61. The molecule has 0 saturated heterocycles. The topological polar surface area (TPSA) is 0 Å². The molecule has 1 atom stereocenters. The number of hydrogen-bond donors (Lipinski definition) is 0. The SMILES string of the molecule is CC1=[C-]C(C)C=C1.C[C](C)=[Ti+2].Cl.Cl.c1ccc2c(c1)[cH-]c1ccccc12. The van der Waals surface area contributed by atoms with E-state index in [0.717, 1.165) is 0 Å². The Hall–Kier alpha value is -1.05. The maximum Gasteiger partial charge on any atom is -0.0771 e. The van der Waals surface area contributed by atoms with E-state index in [9.17, 15) is 0 Å². The molecule has 3 aromatic carbocycles. The van der Waals surface area contributed by atoms with Crippen molar-refractivity contribution >= 4 is 50.2 Å². The molecule has 0 aliphatic heterocycles. The van der Waals surface area contributed by atoms with E-state index < -0.39 is 0 Å². The molecule has 0 radical (unpaired) electrons. The number of fused-ring (bicyclic) bond motifs is 3. The number of rotatable bonds is 0. The fraction of sp³-hybridized carbons (Fsp3) is 0.217. The molecule has 0 N–H and O–H groups in total. The van der Waals surface area contributed by atoms with E-state index in [4.69, 9.17) is 0 Å². The van der Waals surface area contributed by atoms with E-state index in [2.05, 4.69) is 120 Å². The minimum Gasteiger partial charge on any atom is -0.147 e. The van der Waals surface area contributed by atoms with Crippen LogP contribution in [0.1, 0.15) is 27.7 Å². The van der Waals surface area contributed by atoms with Crippen LogP contribution < -0.4 is 0 Å². The predicted molar refractivity (Wildman–Crippen MR) is 119 cm³/mol. The predicted octanol–water partition coefficient (Wildman–Crippen LogP) is 7.24. The van der Waals surface area contributed by atoms with Gasteiger partial charge in [-0.1, -0.05) is 56.2 Å². The molecular formula is C23H26Cl2Ti. The smallest absolute Gasteiger partial charge is 0.0771 e. The standard InChI is InChI=1S/C13H9.C7H9.C3H6.2ClH.Ti/c1-3-7-12-10(5-1)9-11-6-2-4-8-13(11)12;1-6-3-4-7(2)5-6;1-3-2;;;/h1-9H;3-4,6H,1-2H3;1-2H3;2*1H;/q2*-1;;;;+2. The summed E-state index contributed by atoms with van der Waals surface area (Å²) >= 11 is 2.08. The van der Waals surface area contributed by atoms with Gasteiger partial charge < -0.3 is 0 Å². The fourth-order valence-electron chi connectivity index (χ4n) is 2.65. The Morgan fingerprint density at radius 3 is 1.65 bits per heavy atom. The monoisotopic (exact) mass is 420 g/mol. The number of allylic oxidation sites excluding steroid dienone is 4. The first-order valence-electron chi connectivity index (χ1n) is 8.30. The molecule has 1 aliphatic rings. The summed E-state index contributed by atoms with van der Waals surface area (Å²) in [5.74, 6) is 0.556. The minimum absolute atomic E-state index is 0. The van der Waals surface area contributed by atoms with Crippen molar-refractivity contribution in [3.63, 3.8) is 0 Å². The van der Waals surface area contributed by atoms with Crippen LogP contribution in [0.4, 0.5) is 0 Å². The molecule has 0 bridgehead atoms. The second-order valence-electron chi connectivity index (χ2n) is 6.29. The first kappa shape index (κ1) is 25.0. The molecule has 0 heterocycles. The average Bonchev–Trinajstić information content (AvgIpc) is 3.10. The van der Waals surface area contributed by atoms with E-state index in [1.165, 1.54) is 30.9 Å². The van der Waals surface area contributed by atoms with Crippen LogP contribution in [0.5, 0.6) is 0 Å². The van der Waals surface area contributed by atoms with Gasteiger partial charge in [0, 0.05) is 0 Å². The van der Waals surface area contributed by atoms with Gasteiger partial charge in [0.25, 0.3) is 0 Å². The van der Waals surface area contributed by atoms with Gasteiger partial charge in [0.1, 0.15) is 0 Å². The van der Waals surface area contributed by atoms with Gasteiger partial charge in [-0.2, -0.15) is 6.08 Å². The van der Waals surface area contributed by atoms with E-state index in [-0.39, 0.29) is 24.8 Å². The van der Waals surface area contributed by atoms with Crippen LogP contribution in [-0.2, 0) is 20.0 Å². The van der Waals surface area contributed by atoms with Crippen LogP contribution in [0.15, 0.2) is 72.3 Å². The summed E-state index contributed by atoms with van der Waals surface area (Å²) in [7, 11) is 0. The molecule has 3 aromatic rings. The molecule has 0 fully saturated rings. The maximum atomic E-state index is 3.22. The van der Waals surface area contributed by atoms with Crippen LogP contribution >= 0.6 is 24.8 Å². The average molecular weight is 421 g/mol. The van der Waals surface area contributed by atoms with Crippen LogP contribution in [0, 0.1) is 12.0 Å². The van der Waals surface area contributed by atoms with Crippen LogP contribution in [0.2, 0.25) is 0 Å².